The van der Waals surface area contributed by atoms with Gasteiger partial charge in [0.1, 0.15) is 5.75 Å². The number of carbonyl (C=O) groups excluding carboxylic acids is 1. The Morgan fingerprint density at radius 1 is 1.29 bits per heavy atom. The summed E-state index contributed by atoms with van der Waals surface area (Å²) in [5, 5.41) is 0. The van der Waals surface area contributed by atoms with Gasteiger partial charge in [-0.2, -0.15) is 0 Å². The first-order chi connectivity index (χ1) is 11.8. The van der Waals surface area contributed by atoms with E-state index in [1.807, 2.05) is 24.7 Å². The Labute approximate surface area is 142 Å². The van der Waals surface area contributed by atoms with E-state index in [-0.39, 0.29) is 5.92 Å². The van der Waals surface area contributed by atoms with Gasteiger partial charge in [-0.05, 0) is 42.9 Å². The van der Waals surface area contributed by atoms with E-state index in [0.717, 1.165) is 38.1 Å². The second-order valence-electron chi connectivity index (χ2n) is 6.81. The van der Waals surface area contributed by atoms with Crippen LogP contribution in [0.15, 0.2) is 43.0 Å². The van der Waals surface area contributed by atoms with Crippen molar-refractivity contribution in [3.63, 3.8) is 0 Å². The third-order valence-electron chi connectivity index (χ3n) is 5.31. The zero-order valence-corrected chi connectivity index (χ0v) is 14.0. The Kier molecular flexibility index (Phi) is 4.00. The molecule has 126 valence electrons. The molecule has 0 N–H and O–H groups in total. The molecule has 0 spiro atoms. The Bertz CT molecular complexity index is 696. The third kappa shape index (κ3) is 2.90. The minimum absolute atomic E-state index is 0.153. The predicted octanol–water partition coefficient (Wildman–Crippen LogP) is 2.86. The number of hydrogen-bond acceptors (Lipinski definition) is 3. The second kappa shape index (κ2) is 6.30. The number of methoxy groups -OCH3 is 1. The monoisotopic (exact) mass is 325 g/mol. The van der Waals surface area contributed by atoms with Crippen LogP contribution in [0.25, 0.3) is 0 Å². The minimum atomic E-state index is 0.153. The average Bonchev–Trinajstić information content (AvgIpc) is 3.25. The maximum absolute atomic E-state index is 12.9. The number of likely N-dealkylation sites (tertiary alicyclic amines) is 1. The maximum Gasteiger partial charge on any atom is 0.226 e. The molecule has 1 aromatic heterocycles. The highest BCUT2D eigenvalue weighted by Gasteiger charge is 2.46. The van der Waals surface area contributed by atoms with Crippen molar-refractivity contribution in [2.45, 2.75) is 31.2 Å². The normalized spacial score (nSPS) is 26.2. The highest BCUT2D eigenvalue weighted by atomic mass is 16.5. The number of carbonyl (C=O) groups is 1. The lowest BCUT2D eigenvalue weighted by Gasteiger charge is -2.33. The van der Waals surface area contributed by atoms with Crippen LogP contribution in [0.5, 0.6) is 5.75 Å². The Morgan fingerprint density at radius 2 is 2.12 bits per heavy atom. The molecule has 5 heteroatoms. The first kappa shape index (κ1) is 15.2. The van der Waals surface area contributed by atoms with Gasteiger partial charge in [0.25, 0.3) is 0 Å². The maximum atomic E-state index is 12.9. The summed E-state index contributed by atoms with van der Waals surface area (Å²) < 4.78 is 7.34. The van der Waals surface area contributed by atoms with Crippen LogP contribution >= 0.6 is 0 Å². The molecule has 1 saturated heterocycles. The van der Waals surface area contributed by atoms with Crippen molar-refractivity contribution < 1.29 is 9.53 Å². The van der Waals surface area contributed by atoms with Crippen LogP contribution in [-0.4, -0.2) is 40.6 Å². The lowest BCUT2D eigenvalue weighted by atomic mass is 10.0. The van der Waals surface area contributed by atoms with Gasteiger partial charge >= 0.3 is 0 Å². The van der Waals surface area contributed by atoms with Gasteiger partial charge in [-0.25, -0.2) is 4.98 Å². The lowest BCUT2D eigenvalue weighted by molar-refractivity contribution is -0.134. The van der Waals surface area contributed by atoms with Crippen LogP contribution in [0, 0.1) is 5.92 Å². The topological polar surface area (TPSA) is 47.4 Å². The van der Waals surface area contributed by atoms with Gasteiger partial charge < -0.3 is 14.2 Å². The fourth-order valence-electron chi connectivity index (χ4n) is 3.81. The summed E-state index contributed by atoms with van der Waals surface area (Å²) in [6.07, 6.45) is 8.81. The SMILES string of the molecule is COc1ccc(C2CC2C(=O)N2CCCC(n3ccnc3)C2)cc1. The summed E-state index contributed by atoms with van der Waals surface area (Å²) in [4.78, 5) is 19.0. The molecule has 3 unspecified atom stereocenters. The predicted molar refractivity (Wildman–Crippen MR) is 90.9 cm³/mol. The van der Waals surface area contributed by atoms with Crippen LogP contribution < -0.4 is 4.74 Å². The smallest absolute Gasteiger partial charge is 0.226 e. The number of nitrogens with zero attached hydrogens (tertiary/aromatic N) is 3. The standard InChI is InChI=1S/C19H23N3O2/c1-24-16-6-4-14(5-7-16)17-11-18(17)19(23)21-9-2-3-15(12-21)22-10-8-20-13-22/h4-8,10,13,15,17-18H,2-3,9,11-12H2,1H3. The number of rotatable bonds is 4. The molecular weight excluding hydrogens is 302 g/mol. The van der Waals surface area contributed by atoms with Crippen LogP contribution in [-0.2, 0) is 4.79 Å². The minimum Gasteiger partial charge on any atom is -0.497 e. The van der Waals surface area contributed by atoms with E-state index in [1.165, 1.54) is 5.56 Å². The van der Waals surface area contributed by atoms with Crippen molar-refractivity contribution in [2.75, 3.05) is 20.2 Å². The molecule has 1 saturated carbocycles. The van der Waals surface area contributed by atoms with Crippen molar-refractivity contribution in [3.05, 3.63) is 48.5 Å². The van der Waals surface area contributed by atoms with E-state index in [1.54, 1.807) is 13.3 Å². The van der Waals surface area contributed by atoms with Gasteiger partial charge in [-0.3, -0.25) is 4.79 Å². The Hall–Kier alpha value is -2.30. The third-order valence-corrected chi connectivity index (χ3v) is 5.31. The van der Waals surface area contributed by atoms with E-state index in [2.05, 4.69) is 26.6 Å². The molecule has 2 aliphatic rings. The highest BCUT2D eigenvalue weighted by Crippen LogP contribution is 2.49. The van der Waals surface area contributed by atoms with Crippen LogP contribution in [0.3, 0.4) is 0 Å². The van der Waals surface area contributed by atoms with Gasteiger partial charge in [0.15, 0.2) is 0 Å². The van der Waals surface area contributed by atoms with E-state index in [4.69, 9.17) is 4.74 Å². The summed E-state index contributed by atoms with van der Waals surface area (Å²) in [5.74, 6) is 1.71. The number of aromatic nitrogens is 2. The number of piperidine rings is 1. The number of hydrogen-bond donors (Lipinski definition) is 0. The molecule has 0 radical (unpaired) electrons. The zero-order chi connectivity index (χ0) is 16.5. The average molecular weight is 325 g/mol. The summed E-state index contributed by atoms with van der Waals surface area (Å²) >= 11 is 0. The van der Waals surface area contributed by atoms with E-state index in [9.17, 15) is 4.79 Å². The molecule has 1 amide bonds. The van der Waals surface area contributed by atoms with Crippen molar-refractivity contribution in [1.82, 2.24) is 14.5 Å². The summed E-state index contributed by atoms with van der Waals surface area (Å²) in [6, 6.07) is 8.49. The summed E-state index contributed by atoms with van der Waals surface area (Å²) in [7, 11) is 1.67. The molecule has 1 aromatic carbocycles. The van der Waals surface area contributed by atoms with Gasteiger partial charge in [-0.1, -0.05) is 12.1 Å². The van der Waals surface area contributed by atoms with Crippen LogP contribution in [0.1, 0.15) is 36.8 Å². The summed E-state index contributed by atoms with van der Waals surface area (Å²) in [6.45, 7) is 1.69. The van der Waals surface area contributed by atoms with E-state index >= 15 is 0 Å². The number of amides is 1. The Morgan fingerprint density at radius 3 is 2.83 bits per heavy atom. The van der Waals surface area contributed by atoms with E-state index in [0.29, 0.717) is 17.9 Å². The number of imidazole rings is 1. The van der Waals surface area contributed by atoms with Gasteiger partial charge in [-0.15, -0.1) is 0 Å². The van der Waals surface area contributed by atoms with Crippen LogP contribution in [0.2, 0.25) is 0 Å². The van der Waals surface area contributed by atoms with Crippen molar-refractivity contribution in [1.29, 1.82) is 0 Å². The lowest BCUT2D eigenvalue weighted by Crippen LogP contribution is -2.41. The molecule has 4 rings (SSSR count). The van der Waals surface area contributed by atoms with Gasteiger partial charge in [0.05, 0.1) is 19.5 Å². The molecule has 2 heterocycles. The second-order valence-corrected chi connectivity index (χ2v) is 6.81. The van der Waals surface area contributed by atoms with Crippen LogP contribution in [0.4, 0.5) is 0 Å². The van der Waals surface area contributed by atoms with Crippen molar-refractivity contribution in [3.8, 4) is 5.75 Å². The Balaban J connectivity index is 1.39. The first-order valence-corrected chi connectivity index (χ1v) is 8.66. The molecule has 24 heavy (non-hydrogen) atoms. The molecule has 5 nitrogen and oxygen atoms in total. The van der Waals surface area contributed by atoms with E-state index < -0.39 is 0 Å². The highest BCUT2D eigenvalue weighted by molar-refractivity contribution is 5.83. The largest absolute Gasteiger partial charge is 0.497 e. The quantitative estimate of drug-likeness (QED) is 0.868. The number of ether oxygens (including phenoxy) is 1. The molecular formula is C19H23N3O2. The summed E-state index contributed by atoms with van der Waals surface area (Å²) in [5.41, 5.74) is 1.25. The molecule has 3 atom stereocenters. The fourth-order valence-corrected chi connectivity index (χ4v) is 3.81. The van der Waals surface area contributed by atoms with Gasteiger partial charge in [0, 0.05) is 31.4 Å². The van der Waals surface area contributed by atoms with Crippen molar-refractivity contribution >= 4 is 5.91 Å². The zero-order valence-electron chi connectivity index (χ0n) is 14.0. The molecule has 0 bridgehead atoms. The molecule has 2 fully saturated rings. The van der Waals surface area contributed by atoms with Crippen molar-refractivity contribution in [2.24, 2.45) is 5.92 Å². The molecule has 1 aliphatic heterocycles. The van der Waals surface area contributed by atoms with Gasteiger partial charge in [0.2, 0.25) is 5.91 Å². The molecule has 1 aliphatic carbocycles. The molecule has 2 aromatic rings. The number of benzene rings is 1. The fraction of sp³-hybridized carbons (Fsp3) is 0.474. The first-order valence-electron chi connectivity index (χ1n) is 8.66.